The molecule has 0 aliphatic rings. The third kappa shape index (κ3) is 2.33. The van der Waals surface area contributed by atoms with Crippen LogP contribution in [0, 0.1) is 5.82 Å². The Labute approximate surface area is 76.2 Å². The van der Waals surface area contributed by atoms with Gasteiger partial charge < -0.3 is 0 Å². The van der Waals surface area contributed by atoms with Crippen LogP contribution in [0.1, 0.15) is 5.69 Å². The lowest BCUT2D eigenvalue weighted by Crippen LogP contribution is -2.10. The summed E-state index contributed by atoms with van der Waals surface area (Å²) in [6.45, 7) is 0. The number of aromatic nitrogens is 1. The van der Waals surface area contributed by atoms with E-state index in [1.807, 2.05) is 0 Å². The zero-order valence-corrected chi connectivity index (χ0v) is 7.34. The fourth-order valence-corrected chi connectivity index (χ4v) is 1.12. The summed E-state index contributed by atoms with van der Waals surface area (Å²) in [6.07, 6.45) is -2.10. The van der Waals surface area contributed by atoms with Gasteiger partial charge in [0.2, 0.25) is 0 Å². The zero-order valence-electron chi connectivity index (χ0n) is 6.52. The smallest absolute Gasteiger partial charge is 0.248 e. The summed E-state index contributed by atoms with van der Waals surface area (Å²) in [4.78, 5) is 3.37. The predicted octanol–water partition coefficient (Wildman–Crippen LogP) is 2.96. The molecule has 0 radical (unpaired) electrons. The van der Waals surface area contributed by atoms with Crippen LogP contribution in [0.2, 0.25) is 0 Å². The minimum Gasteiger partial charge on any atom is -0.248 e. The normalized spacial score (nSPS) is 11.8. The largest absolute Gasteiger partial charge is 0.436 e. The maximum Gasteiger partial charge on any atom is 0.436 e. The highest BCUT2D eigenvalue weighted by Crippen LogP contribution is 2.30. The van der Waals surface area contributed by atoms with Gasteiger partial charge in [0.15, 0.2) is 11.5 Å². The van der Waals surface area contributed by atoms with Crippen LogP contribution in [0.4, 0.5) is 17.6 Å². The second kappa shape index (κ2) is 3.53. The summed E-state index contributed by atoms with van der Waals surface area (Å²) in [5.41, 5.74) is -1.47. The van der Waals surface area contributed by atoms with E-state index in [1.165, 1.54) is 0 Å². The fraction of sp³-hybridized carbons (Fsp3) is 0.286. The number of alkyl halides is 3. The van der Waals surface area contributed by atoms with E-state index in [0.717, 1.165) is 24.0 Å². The van der Waals surface area contributed by atoms with Crippen molar-refractivity contribution in [2.45, 2.75) is 11.1 Å². The molecule has 1 heterocycles. The number of hydrogen-bond acceptors (Lipinski definition) is 2. The molecule has 0 saturated heterocycles. The molecule has 0 unspecified atom stereocenters. The van der Waals surface area contributed by atoms with Crippen molar-refractivity contribution in [3.8, 4) is 0 Å². The number of hydrogen-bond donors (Lipinski definition) is 0. The Morgan fingerprint density at radius 2 is 2.00 bits per heavy atom. The molecule has 0 aliphatic heterocycles. The van der Waals surface area contributed by atoms with Gasteiger partial charge in [-0.15, -0.1) is 11.8 Å². The van der Waals surface area contributed by atoms with E-state index in [0.29, 0.717) is 4.90 Å². The molecule has 0 fully saturated rings. The molecule has 0 saturated carbocycles. The summed E-state index contributed by atoms with van der Waals surface area (Å²) in [5, 5.41) is 0. The summed E-state index contributed by atoms with van der Waals surface area (Å²) in [7, 11) is 0. The van der Waals surface area contributed by atoms with Crippen LogP contribution >= 0.6 is 11.8 Å². The average Bonchev–Trinajstić information content (AvgIpc) is 2.01. The van der Waals surface area contributed by atoms with Gasteiger partial charge in [-0.1, -0.05) is 0 Å². The molecule has 0 amide bonds. The summed E-state index contributed by atoms with van der Waals surface area (Å²) in [6, 6.07) is 0.820. The second-order valence-corrected chi connectivity index (χ2v) is 3.08. The maximum atomic E-state index is 12.7. The van der Waals surface area contributed by atoms with Gasteiger partial charge in [-0.3, -0.25) is 0 Å². The molecule has 1 aromatic heterocycles. The van der Waals surface area contributed by atoms with Crippen LogP contribution in [0.3, 0.4) is 0 Å². The highest BCUT2D eigenvalue weighted by atomic mass is 32.2. The first-order valence-electron chi connectivity index (χ1n) is 3.22. The van der Waals surface area contributed by atoms with Crippen molar-refractivity contribution in [1.82, 2.24) is 4.98 Å². The van der Waals surface area contributed by atoms with Gasteiger partial charge in [-0.05, 0) is 12.3 Å². The quantitative estimate of drug-likeness (QED) is 0.523. The first-order valence-corrected chi connectivity index (χ1v) is 4.44. The lowest BCUT2D eigenvalue weighted by molar-refractivity contribution is -0.143. The minimum absolute atomic E-state index is 0.366. The van der Waals surface area contributed by atoms with Gasteiger partial charge in [-0.25, -0.2) is 9.37 Å². The SMILES string of the molecule is CSc1cnc(C(F)(F)F)c(F)c1. The monoisotopic (exact) mass is 211 g/mol. The molecule has 0 N–H and O–H groups in total. The van der Waals surface area contributed by atoms with Crippen molar-refractivity contribution in [2.24, 2.45) is 0 Å². The Bertz CT molecular complexity index is 310. The fourth-order valence-electron chi connectivity index (χ4n) is 0.741. The maximum absolute atomic E-state index is 12.7. The Morgan fingerprint density at radius 3 is 2.38 bits per heavy atom. The van der Waals surface area contributed by atoms with E-state index in [2.05, 4.69) is 4.98 Å². The van der Waals surface area contributed by atoms with Crippen molar-refractivity contribution in [2.75, 3.05) is 6.26 Å². The van der Waals surface area contributed by atoms with Crippen molar-refractivity contribution in [1.29, 1.82) is 0 Å². The number of pyridine rings is 1. The van der Waals surface area contributed by atoms with Gasteiger partial charge >= 0.3 is 6.18 Å². The van der Waals surface area contributed by atoms with Crippen molar-refractivity contribution in [3.05, 3.63) is 23.8 Å². The lowest BCUT2D eigenvalue weighted by atomic mass is 10.3. The molecule has 1 aromatic rings. The minimum atomic E-state index is -4.72. The van der Waals surface area contributed by atoms with Crippen LogP contribution in [0.25, 0.3) is 0 Å². The second-order valence-electron chi connectivity index (χ2n) is 2.20. The molecule has 1 rings (SSSR count). The first-order chi connectivity index (χ1) is 5.95. The highest BCUT2D eigenvalue weighted by Gasteiger charge is 2.35. The molecule has 0 spiro atoms. The van der Waals surface area contributed by atoms with E-state index < -0.39 is 17.7 Å². The lowest BCUT2D eigenvalue weighted by Gasteiger charge is -2.06. The first kappa shape index (κ1) is 10.3. The topological polar surface area (TPSA) is 12.9 Å². The summed E-state index contributed by atoms with van der Waals surface area (Å²) < 4.78 is 48.7. The molecule has 6 heteroatoms. The Balaban J connectivity index is 3.13. The van der Waals surface area contributed by atoms with Crippen LogP contribution in [0.5, 0.6) is 0 Å². The summed E-state index contributed by atoms with van der Waals surface area (Å²) in [5.74, 6) is -1.33. The van der Waals surface area contributed by atoms with Gasteiger partial charge in [0.05, 0.1) is 0 Å². The highest BCUT2D eigenvalue weighted by molar-refractivity contribution is 7.98. The van der Waals surface area contributed by atoms with Gasteiger partial charge in [0.1, 0.15) is 0 Å². The number of rotatable bonds is 1. The van der Waals surface area contributed by atoms with Crippen molar-refractivity contribution < 1.29 is 17.6 Å². The molecule has 1 nitrogen and oxygen atoms in total. The molecule has 72 valence electrons. The summed E-state index contributed by atoms with van der Waals surface area (Å²) >= 11 is 1.13. The third-order valence-electron chi connectivity index (χ3n) is 1.32. The van der Waals surface area contributed by atoms with E-state index in [-0.39, 0.29) is 0 Å². The van der Waals surface area contributed by atoms with Gasteiger partial charge in [0, 0.05) is 11.1 Å². The van der Waals surface area contributed by atoms with Gasteiger partial charge in [0.25, 0.3) is 0 Å². The van der Waals surface area contributed by atoms with E-state index in [9.17, 15) is 17.6 Å². The van der Waals surface area contributed by atoms with Gasteiger partial charge in [-0.2, -0.15) is 13.2 Å². The van der Waals surface area contributed by atoms with E-state index in [1.54, 1.807) is 6.26 Å². The van der Waals surface area contributed by atoms with Crippen LogP contribution < -0.4 is 0 Å². The van der Waals surface area contributed by atoms with E-state index in [4.69, 9.17) is 0 Å². The number of thioether (sulfide) groups is 1. The molecule has 0 atom stereocenters. The standard InChI is InChI=1S/C7H5F4NS/c1-13-4-2-5(8)6(12-3-4)7(9,10)11/h2-3H,1H3. The van der Waals surface area contributed by atoms with E-state index >= 15 is 0 Å². The predicted molar refractivity (Wildman–Crippen MR) is 41.0 cm³/mol. The molecule has 0 bridgehead atoms. The molecular weight excluding hydrogens is 206 g/mol. The van der Waals surface area contributed by atoms with Crippen LogP contribution in [-0.4, -0.2) is 11.2 Å². The average molecular weight is 211 g/mol. The van der Waals surface area contributed by atoms with Crippen molar-refractivity contribution in [3.63, 3.8) is 0 Å². The molecular formula is C7H5F4NS. The Morgan fingerprint density at radius 1 is 1.38 bits per heavy atom. The third-order valence-corrected chi connectivity index (χ3v) is 2.01. The number of nitrogens with zero attached hydrogens (tertiary/aromatic N) is 1. The Kier molecular flexibility index (Phi) is 2.80. The zero-order chi connectivity index (χ0) is 10.1. The Hall–Kier alpha value is -0.780. The van der Waals surface area contributed by atoms with Crippen LogP contribution in [0.15, 0.2) is 17.2 Å². The van der Waals surface area contributed by atoms with Crippen molar-refractivity contribution >= 4 is 11.8 Å². The molecule has 13 heavy (non-hydrogen) atoms. The molecule has 0 aromatic carbocycles. The number of halogens is 4. The van der Waals surface area contributed by atoms with Crippen LogP contribution in [-0.2, 0) is 6.18 Å². The molecule has 0 aliphatic carbocycles.